The van der Waals surface area contributed by atoms with Gasteiger partial charge in [0.2, 0.25) is 10.0 Å². The summed E-state index contributed by atoms with van der Waals surface area (Å²) in [4.78, 5) is 16.9. The molecule has 4 rings (SSSR count). The summed E-state index contributed by atoms with van der Waals surface area (Å²) in [5.74, 6) is -1.26. The van der Waals surface area contributed by atoms with Crippen LogP contribution in [0.15, 0.2) is 36.5 Å². The van der Waals surface area contributed by atoms with Crippen molar-refractivity contribution in [1.82, 2.24) is 4.98 Å². The molecule has 0 amide bonds. The van der Waals surface area contributed by atoms with Crippen molar-refractivity contribution >= 4 is 21.7 Å². The maximum atomic E-state index is 13.6. The number of aliphatic carboxylic acids is 1. The number of hydrogen-bond donors (Lipinski definition) is 1. The lowest BCUT2D eigenvalue weighted by Crippen LogP contribution is -2.35. The highest BCUT2D eigenvalue weighted by Crippen LogP contribution is 2.51. The van der Waals surface area contributed by atoms with Gasteiger partial charge in [-0.2, -0.15) is 13.2 Å². The largest absolute Gasteiger partial charge is 0.479 e. The lowest BCUT2D eigenvalue weighted by Gasteiger charge is -2.37. The van der Waals surface area contributed by atoms with E-state index in [1.807, 2.05) is 31.2 Å². The van der Waals surface area contributed by atoms with Crippen LogP contribution in [0.3, 0.4) is 0 Å². The zero-order chi connectivity index (χ0) is 29.9. The number of alkyl halides is 3. The average molecular weight is 577 g/mol. The second-order valence-electron chi connectivity index (χ2n) is 11.1. The van der Waals surface area contributed by atoms with Crippen LogP contribution < -0.4 is 4.31 Å². The van der Waals surface area contributed by atoms with Crippen LogP contribution in [0.25, 0.3) is 22.4 Å². The number of benzene rings is 2. The number of carbonyl (C=O) groups is 1. The predicted octanol–water partition coefficient (Wildman–Crippen LogP) is 6.58. The number of aromatic nitrogens is 1. The molecule has 1 atom stereocenters. The highest BCUT2D eigenvalue weighted by atomic mass is 32.2. The summed E-state index contributed by atoms with van der Waals surface area (Å²) in [5.41, 5.74) is 2.14. The Kier molecular flexibility index (Phi) is 7.30. The summed E-state index contributed by atoms with van der Waals surface area (Å²) in [6.07, 6.45) is -4.44. The molecule has 0 saturated heterocycles. The van der Waals surface area contributed by atoms with Crippen LogP contribution in [0.1, 0.15) is 60.3 Å². The number of aryl methyl sites for hydroxylation is 1. The van der Waals surface area contributed by atoms with E-state index >= 15 is 0 Å². The van der Waals surface area contributed by atoms with Gasteiger partial charge in [-0.05, 0) is 75.4 Å². The minimum absolute atomic E-state index is 0.0959. The number of pyridine rings is 1. The summed E-state index contributed by atoms with van der Waals surface area (Å²) in [5, 5.41) is 10.3. The third kappa shape index (κ3) is 5.44. The van der Waals surface area contributed by atoms with Gasteiger partial charge in [-0.15, -0.1) is 0 Å². The number of carboxylic acid groups (broad SMARTS) is 1. The number of ether oxygens (including phenoxy) is 1. The summed E-state index contributed by atoms with van der Waals surface area (Å²) in [7, 11) is -4.01. The van der Waals surface area contributed by atoms with Crippen LogP contribution in [0.4, 0.5) is 18.9 Å². The predicted molar refractivity (Wildman–Crippen MR) is 147 cm³/mol. The number of fused-ring (bicyclic) bond motifs is 3. The van der Waals surface area contributed by atoms with Gasteiger partial charge in [0.15, 0.2) is 6.10 Å². The molecule has 2 heterocycles. The van der Waals surface area contributed by atoms with Gasteiger partial charge in [-0.25, -0.2) is 13.2 Å². The van der Waals surface area contributed by atoms with E-state index in [4.69, 9.17) is 4.74 Å². The van der Waals surface area contributed by atoms with Gasteiger partial charge < -0.3 is 9.84 Å². The third-order valence-electron chi connectivity index (χ3n) is 6.81. The zero-order valence-electron chi connectivity index (χ0n) is 23.3. The molecule has 1 aliphatic heterocycles. The summed E-state index contributed by atoms with van der Waals surface area (Å²) in [6.45, 7) is 9.98. The molecule has 0 bridgehead atoms. The van der Waals surface area contributed by atoms with Crippen LogP contribution in [-0.2, 0) is 32.3 Å². The minimum atomic E-state index is -4.67. The number of sulfonamides is 1. The second kappa shape index (κ2) is 9.88. The number of anilines is 1. The van der Waals surface area contributed by atoms with E-state index in [-0.39, 0.29) is 29.1 Å². The molecule has 0 unspecified atom stereocenters. The van der Waals surface area contributed by atoms with Crippen LogP contribution >= 0.6 is 0 Å². The van der Waals surface area contributed by atoms with E-state index in [1.54, 1.807) is 34.6 Å². The minimum Gasteiger partial charge on any atom is -0.479 e. The lowest BCUT2D eigenvalue weighted by molar-refractivity contribution is -0.160. The monoisotopic (exact) mass is 576 g/mol. The van der Waals surface area contributed by atoms with E-state index in [9.17, 15) is 31.5 Å². The smallest absolute Gasteiger partial charge is 0.417 e. The first-order chi connectivity index (χ1) is 18.3. The Bertz CT molecular complexity index is 1610. The maximum Gasteiger partial charge on any atom is 0.417 e. The van der Waals surface area contributed by atoms with Gasteiger partial charge in [0.25, 0.3) is 0 Å². The van der Waals surface area contributed by atoms with E-state index in [2.05, 4.69) is 4.98 Å². The molecule has 40 heavy (non-hydrogen) atoms. The number of rotatable bonds is 5. The molecule has 1 aliphatic rings. The molecule has 0 saturated carbocycles. The highest BCUT2D eigenvalue weighted by molar-refractivity contribution is 7.92. The van der Waals surface area contributed by atoms with Crippen molar-refractivity contribution in [2.45, 2.75) is 66.0 Å². The molecule has 2 aromatic carbocycles. The fourth-order valence-electron chi connectivity index (χ4n) is 5.14. The molecule has 7 nitrogen and oxygen atoms in total. The summed E-state index contributed by atoms with van der Waals surface area (Å²) < 4.78 is 73.9. The fourth-order valence-corrected chi connectivity index (χ4v) is 6.08. The van der Waals surface area contributed by atoms with E-state index in [0.717, 1.165) is 28.4 Å². The van der Waals surface area contributed by atoms with Crippen molar-refractivity contribution < 1.29 is 36.2 Å². The number of halogens is 3. The van der Waals surface area contributed by atoms with E-state index < -0.39 is 39.4 Å². The van der Waals surface area contributed by atoms with Gasteiger partial charge in [0.05, 0.1) is 35.3 Å². The van der Waals surface area contributed by atoms with Crippen molar-refractivity contribution in [2.75, 3.05) is 10.6 Å². The van der Waals surface area contributed by atoms with Crippen molar-refractivity contribution in [2.24, 2.45) is 0 Å². The van der Waals surface area contributed by atoms with E-state index in [1.165, 1.54) is 0 Å². The lowest BCUT2D eigenvalue weighted by atomic mass is 9.81. The van der Waals surface area contributed by atoms with Crippen LogP contribution in [0.5, 0.6) is 0 Å². The van der Waals surface area contributed by atoms with Gasteiger partial charge in [0.1, 0.15) is 0 Å². The number of nitrogens with zero attached hydrogens (tertiary/aromatic N) is 2. The normalized spacial score (nSPS) is 14.5. The molecule has 11 heteroatoms. The van der Waals surface area contributed by atoms with Crippen molar-refractivity contribution in [3.05, 3.63) is 69.9 Å². The quantitative estimate of drug-likeness (QED) is 0.369. The van der Waals surface area contributed by atoms with Crippen LogP contribution in [-0.4, -0.2) is 36.3 Å². The molecular weight excluding hydrogens is 545 g/mol. The third-order valence-corrected chi connectivity index (χ3v) is 7.92. The Balaban J connectivity index is 2.20. The Morgan fingerprint density at radius 1 is 1.05 bits per heavy atom. The topological polar surface area (TPSA) is 96.8 Å². The van der Waals surface area contributed by atoms with Crippen LogP contribution in [0.2, 0.25) is 0 Å². The Labute approximate surface area is 231 Å². The van der Waals surface area contributed by atoms with Gasteiger partial charge in [-0.3, -0.25) is 9.29 Å². The first-order valence-corrected chi connectivity index (χ1v) is 14.3. The molecule has 0 radical (unpaired) electrons. The Morgan fingerprint density at radius 3 is 2.15 bits per heavy atom. The van der Waals surface area contributed by atoms with Gasteiger partial charge >= 0.3 is 12.1 Å². The van der Waals surface area contributed by atoms with E-state index in [0.29, 0.717) is 27.8 Å². The van der Waals surface area contributed by atoms with Crippen molar-refractivity contribution in [3.8, 4) is 22.4 Å². The fraction of sp³-hybridized carbons (Fsp3) is 0.379. The molecule has 0 fully saturated rings. The molecule has 0 aliphatic carbocycles. The standard InChI is InChI=1S/C29H31F3N2O5S/c1-15-8-10-18(11-9-15)21-16(2)23-24-19(12-20(13-33-24)29(30,31)32)14-34(40(7,37)38)25(23)17(3)22(21)26(27(35)36)39-28(4,5)6/h8-13,26H,14H2,1-7H3,(H,35,36)/t26-/m0/s1. The molecule has 214 valence electrons. The molecule has 0 spiro atoms. The maximum absolute atomic E-state index is 13.6. The van der Waals surface area contributed by atoms with Gasteiger partial charge in [-0.1, -0.05) is 29.8 Å². The highest BCUT2D eigenvalue weighted by Gasteiger charge is 2.40. The molecular formula is C29H31F3N2O5S. The molecule has 1 aromatic heterocycles. The molecule has 3 aromatic rings. The SMILES string of the molecule is Cc1ccc(-c2c(C)c3c(c(C)c2[C@H](OC(C)(C)C)C(=O)O)N(S(C)(=O)=O)Cc2cc(C(F)(F)F)cnc2-3)cc1. The first-order valence-electron chi connectivity index (χ1n) is 12.5. The Hall–Kier alpha value is -3.44. The Morgan fingerprint density at radius 2 is 1.65 bits per heavy atom. The average Bonchev–Trinajstić information content (AvgIpc) is 2.82. The summed E-state index contributed by atoms with van der Waals surface area (Å²) in [6, 6.07) is 8.28. The zero-order valence-corrected chi connectivity index (χ0v) is 24.1. The van der Waals surface area contributed by atoms with Crippen molar-refractivity contribution in [1.29, 1.82) is 0 Å². The summed E-state index contributed by atoms with van der Waals surface area (Å²) >= 11 is 0. The number of carboxylic acids is 1. The van der Waals surface area contributed by atoms with Crippen LogP contribution in [0, 0.1) is 20.8 Å². The number of hydrogen-bond acceptors (Lipinski definition) is 5. The molecule has 1 N–H and O–H groups in total. The van der Waals surface area contributed by atoms with Gasteiger partial charge in [0, 0.05) is 17.3 Å². The second-order valence-corrected chi connectivity index (χ2v) is 13.0. The van der Waals surface area contributed by atoms with Crippen molar-refractivity contribution in [3.63, 3.8) is 0 Å². The first kappa shape index (κ1) is 29.5.